The third-order valence-electron chi connectivity index (χ3n) is 3.75. The molecule has 0 radical (unpaired) electrons. The van der Waals surface area contributed by atoms with E-state index in [-0.39, 0.29) is 4.87 Å². The van der Waals surface area contributed by atoms with Crippen LogP contribution in [0.4, 0.5) is 0 Å². The summed E-state index contributed by atoms with van der Waals surface area (Å²) in [4.78, 5) is 13.4. The lowest BCUT2D eigenvalue weighted by molar-refractivity contribution is 0.612. The topological polar surface area (TPSA) is 48.0 Å². The molecule has 0 atom stereocenters. The average molecular weight is 304 g/mol. The highest BCUT2D eigenvalue weighted by Gasteiger charge is 2.13. The maximum absolute atomic E-state index is 12.2. The molecule has 0 saturated heterocycles. The highest BCUT2D eigenvalue weighted by atomic mass is 32.1. The summed E-state index contributed by atoms with van der Waals surface area (Å²) < 4.78 is 1.90. The van der Waals surface area contributed by atoms with E-state index in [0.29, 0.717) is 12.5 Å². The molecule has 2 N–H and O–H groups in total. The van der Waals surface area contributed by atoms with Crippen molar-refractivity contribution in [2.24, 2.45) is 5.73 Å². The van der Waals surface area contributed by atoms with Gasteiger partial charge in [-0.3, -0.25) is 9.36 Å². The number of nitrogens with zero attached hydrogens (tertiary/aromatic N) is 1. The minimum absolute atomic E-state index is 0.132. The maximum atomic E-state index is 12.2. The molecule has 21 heavy (non-hydrogen) atoms. The minimum atomic E-state index is 0.132. The van der Waals surface area contributed by atoms with Crippen LogP contribution in [0.1, 0.15) is 43.0 Å². The van der Waals surface area contributed by atoms with Crippen LogP contribution in [-0.2, 0) is 6.54 Å². The van der Waals surface area contributed by atoms with E-state index >= 15 is 0 Å². The van der Waals surface area contributed by atoms with Gasteiger partial charge in [0.25, 0.3) is 0 Å². The molecule has 0 aliphatic rings. The predicted molar refractivity (Wildman–Crippen MR) is 91.1 cm³/mol. The van der Waals surface area contributed by atoms with Gasteiger partial charge < -0.3 is 5.73 Å². The van der Waals surface area contributed by atoms with Gasteiger partial charge in [0, 0.05) is 11.4 Å². The molecule has 1 heterocycles. The SMILES string of the molecule is Cc1sc(=O)n(CCCCN)c1-c1ccc(C(C)C)cc1. The van der Waals surface area contributed by atoms with Crippen molar-refractivity contribution in [1.82, 2.24) is 4.57 Å². The van der Waals surface area contributed by atoms with Gasteiger partial charge in [0.05, 0.1) is 5.69 Å². The van der Waals surface area contributed by atoms with Crippen molar-refractivity contribution in [1.29, 1.82) is 0 Å². The Morgan fingerprint density at radius 1 is 1.19 bits per heavy atom. The van der Waals surface area contributed by atoms with Gasteiger partial charge in [0.2, 0.25) is 0 Å². The summed E-state index contributed by atoms with van der Waals surface area (Å²) in [5, 5.41) is 0. The molecule has 0 saturated carbocycles. The molecule has 2 rings (SSSR count). The second kappa shape index (κ2) is 7.05. The quantitative estimate of drug-likeness (QED) is 0.826. The first-order valence-corrected chi connectivity index (χ1v) is 8.37. The molecule has 0 bridgehead atoms. The molecule has 0 aliphatic heterocycles. The first kappa shape index (κ1) is 16.0. The molecule has 0 aliphatic carbocycles. The van der Waals surface area contributed by atoms with Gasteiger partial charge in [0.1, 0.15) is 0 Å². The Bertz CT molecular complexity index is 638. The second-order valence-corrected chi connectivity index (χ2v) is 6.86. The summed E-state index contributed by atoms with van der Waals surface area (Å²) in [7, 11) is 0. The molecule has 4 heteroatoms. The van der Waals surface area contributed by atoms with Gasteiger partial charge in [-0.25, -0.2) is 0 Å². The number of rotatable bonds is 6. The third-order valence-corrected chi connectivity index (χ3v) is 4.65. The lowest BCUT2D eigenvalue weighted by atomic mass is 10.0. The van der Waals surface area contributed by atoms with Gasteiger partial charge >= 0.3 is 4.87 Å². The van der Waals surface area contributed by atoms with Crippen LogP contribution in [0, 0.1) is 6.92 Å². The van der Waals surface area contributed by atoms with Crippen LogP contribution in [0.15, 0.2) is 29.1 Å². The fraction of sp³-hybridized carbons (Fsp3) is 0.471. The highest BCUT2D eigenvalue weighted by molar-refractivity contribution is 7.09. The Hall–Kier alpha value is -1.39. The van der Waals surface area contributed by atoms with E-state index in [1.807, 2.05) is 11.5 Å². The first-order chi connectivity index (χ1) is 10.0. The van der Waals surface area contributed by atoms with Crippen LogP contribution in [0.2, 0.25) is 0 Å². The summed E-state index contributed by atoms with van der Waals surface area (Å²) >= 11 is 1.34. The number of aromatic nitrogens is 1. The molecule has 1 aromatic heterocycles. The normalized spacial score (nSPS) is 11.3. The van der Waals surface area contributed by atoms with Crippen molar-refractivity contribution in [3.63, 3.8) is 0 Å². The zero-order valence-electron chi connectivity index (χ0n) is 13.1. The Labute approximate surface area is 130 Å². The lowest BCUT2D eigenvalue weighted by Gasteiger charge is -2.11. The van der Waals surface area contributed by atoms with Crippen LogP contribution >= 0.6 is 11.3 Å². The van der Waals surface area contributed by atoms with Crippen molar-refractivity contribution in [2.45, 2.75) is 46.1 Å². The first-order valence-electron chi connectivity index (χ1n) is 7.55. The van der Waals surface area contributed by atoms with Crippen LogP contribution < -0.4 is 10.6 Å². The van der Waals surface area contributed by atoms with E-state index in [1.165, 1.54) is 16.9 Å². The molecular formula is C17H24N2OS. The zero-order valence-corrected chi connectivity index (χ0v) is 13.9. The van der Waals surface area contributed by atoms with Crippen LogP contribution in [-0.4, -0.2) is 11.1 Å². The molecule has 0 unspecified atom stereocenters. The van der Waals surface area contributed by atoms with Crippen molar-refractivity contribution < 1.29 is 0 Å². The van der Waals surface area contributed by atoms with E-state index in [9.17, 15) is 4.79 Å². The molecule has 0 fully saturated rings. The Kier molecular flexibility index (Phi) is 5.37. The highest BCUT2D eigenvalue weighted by Crippen LogP contribution is 2.27. The number of nitrogens with two attached hydrogens (primary N) is 1. The number of hydrogen-bond acceptors (Lipinski definition) is 3. The smallest absolute Gasteiger partial charge is 0.307 e. The largest absolute Gasteiger partial charge is 0.330 e. The fourth-order valence-corrected chi connectivity index (χ4v) is 3.40. The molecule has 1 aromatic carbocycles. The summed E-state index contributed by atoms with van der Waals surface area (Å²) in [5.74, 6) is 0.523. The summed E-state index contributed by atoms with van der Waals surface area (Å²) in [6, 6.07) is 8.57. The number of aryl methyl sites for hydroxylation is 1. The number of unbranched alkanes of at least 4 members (excludes halogenated alkanes) is 1. The molecule has 114 valence electrons. The summed E-state index contributed by atoms with van der Waals surface area (Å²) in [6.45, 7) is 7.83. The van der Waals surface area contributed by atoms with Crippen molar-refractivity contribution >= 4 is 11.3 Å². The van der Waals surface area contributed by atoms with Crippen LogP contribution in [0.25, 0.3) is 11.3 Å². The van der Waals surface area contributed by atoms with E-state index in [2.05, 4.69) is 38.1 Å². The monoisotopic (exact) mass is 304 g/mol. The van der Waals surface area contributed by atoms with Gasteiger partial charge in [-0.2, -0.15) is 0 Å². The molecule has 3 nitrogen and oxygen atoms in total. The van der Waals surface area contributed by atoms with Gasteiger partial charge in [0.15, 0.2) is 0 Å². The van der Waals surface area contributed by atoms with Crippen LogP contribution in [0.5, 0.6) is 0 Å². The Balaban J connectivity index is 2.36. The lowest BCUT2D eigenvalue weighted by Crippen LogP contribution is -2.15. The molecule has 0 amide bonds. The molecule has 2 aromatic rings. The minimum Gasteiger partial charge on any atom is -0.330 e. The standard InChI is InChI=1S/C17H24N2OS/c1-12(2)14-6-8-15(9-7-14)16-13(3)21-17(20)19(16)11-5-4-10-18/h6-9,12H,4-5,10-11,18H2,1-3H3. The third kappa shape index (κ3) is 3.63. The molecule has 0 spiro atoms. The van der Waals surface area contributed by atoms with Crippen LogP contribution in [0.3, 0.4) is 0 Å². The van der Waals surface area contributed by atoms with Gasteiger partial charge in [-0.15, -0.1) is 0 Å². The number of benzene rings is 1. The van der Waals surface area contributed by atoms with E-state index in [0.717, 1.165) is 35.5 Å². The Morgan fingerprint density at radius 3 is 2.43 bits per heavy atom. The summed E-state index contributed by atoms with van der Waals surface area (Å²) in [6.07, 6.45) is 1.90. The Morgan fingerprint density at radius 2 is 1.86 bits per heavy atom. The zero-order chi connectivity index (χ0) is 15.4. The van der Waals surface area contributed by atoms with Gasteiger partial charge in [-0.1, -0.05) is 49.4 Å². The maximum Gasteiger partial charge on any atom is 0.307 e. The van der Waals surface area contributed by atoms with Gasteiger partial charge in [-0.05, 0) is 43.4 Å². The van der Waals surface area contributed by atoms with Crippen molar-refractivity contribution in [2.75, 3.05) is 6.54 Å². The number of thiazole rings is 1. The fourth-order valence-electron chi connectivity index (χ4n) is 2.52. The van der Waals surface area contributed by atoms with E-state index in [1.54, 1.807) is 0 Å². The van der Waals surface area contributed by atoms with E-state index < -0.39 is 0 Å². The molecular weight excluding hydrogens is 280 g/mol. The summed E-state index contributed by atoms with van der Waals surface area (Å²) in [5.41, 5.74) is 9.06. The van der Waals surface area contributed by atoms with Crippen molar-refractivity contribution in [3.8, 4) is 11.3 Å². The average Bonchev–Trinajstić information content (AvgIpc) is 2.74. The van der Waals surface area contributed by atoms with Crippen molar-refractivity contribution in [3.05, 3.63) is 44.4 Å². The predicted octanol–water partition coefficient (Wildman–Crippen LogP) is 3.75. The number of hydrogen-bond donors (Lipinski definition) is 1. The van der Waals surface area contributed by atoms with E-state index in [4.69, 9.17) is 5.73 Å². The second-order valence-electron chi connectivity index (χ2n) is 5.70.